The lowest BCUT2D eigenvalue weighted by Gasteiger charge is -2.32. The van der Waals surface area contributed by atoms with Gasteiger partial charge in [-0.1, -0.05) is 6.07 Å². The Bertz CT molecular complexity index is 728. The molecule has 2 N–H and O–H groups in total. The first-order chi connectivity index (χ1) is 13.6. The van der Waals surface area contributed by atoms with Crippen molar-refractivity contribution in [3.05, 3.63) is 39.8 Å². The smallest absolute Gasteiger partial charge is 0.190 e. The molecule has 0 aromatic carbocycles. The topological polar surface area (TPSA) is 57.5 Å². The first kappa shape index (κ1) is 20.9. The molecule has 28 heavy (non-hydrogen) atoms. The van der Waals surface area contributed by atoms with Crippen LogP contribution in [0.3, 0.4) is 0 Å². The lowest BCUT2D eigenvalue weighted by Crippen LogP contribution is -2.43. The quantitative estimate of drug-likeness (QED) is 0.405. The summed E-state index contributed by atoms with van der Waals surface area (Å²) >= 11 is 1.86. The van der Waals surface area contributed by atoms with E-state index >= 15 is 0 Å². The third kappa shape index (κ3) is 6.34. The molecule has 1 fully saturated rings. The molecule has 3 heterocycles. The maximum Gasteiger partial charge on any atom is 0.190 e. The number of likely N-dealkylation sites (tertiary alicyclic amines) is 1. The van der Waals surface area contributed by atoms with Gasteiger partial charge in [-0.3, -0.25) is 14.6 Å². The summed E-state index contributed by atoms with van der Waals surface area (Å²) in [6.45, 7) is 10.5. The molecule has 1 aliphatic rings. The van der Waals surface area contributed by atoms with E-state index in [9.17, 15) is 0 Å². The van der Waals surface area contributed by atoms with Gasteiger partial charge >= 0.3 is 0 Å². The number of aryl methyl sites for hydroxylation is 3. The van der Waals surface area contributed by atoms with E-state index in [0.717, 1.165) is 50.2 Å². The average molecular weight is 403 g/mol. The number of nitrogens with zero attached hydrogens (tertiary/aromatic N) is 4. The van der Waals surface area contributed by atoms with Gasteiger partial charge in [0.15, 0.2) is 5.96 Å². The molecule has 6 nitrogen and oxygen atoms in total. The first-order valence-electron chi connectivity index (χ1n) is 10.3. The van der Waals surface area contributed by atoms with Crippen LogP contribution in [0, 0.1) is 19.8 Å². The summed E-state index contributed by atoms with van der Waals surface area (Å²) in [6, 6.07) is 6.51. The van der Waals surface area contributed by atoms with Gasteiger partial charge in [0.25, 0.3) is 0 Å². The third-order valence-electron chi connectivity index (χ3n) is 5.39. The van der Waals surface area contributed by atoms with E-state index in [0.29, 0.717) is 0 Å². The minimum atomic E-state index is 0.729. The van der Waals surface area contributed by atoms with Crippen molar-refractivity contribution in [2.75, 3.05) is 33.2 Å². The first-order valence-corrected chi connectivity index (χ1v) is 11.2. The Hall–Kier alpha value is -1.86. The van der Waals surface area contributed by atoms with E-state index < -0.39 is 0 Å². The normalized spacial score (nSPS) is 16.5. The molecule has 0 bridgehead atoms. The van der Waals surface area contributed by atoms with Crippen molar-refractivity contribution < 1.29 is 0 Å². The Morgan fingerprint density at radius 3 is 2.75 bits per heavy atom. The van der Waals surface area contributed by atoms with Crippen LogP contribution in [0.2, 0.25) is 0 Å². The van der Waals surface area contributed by atoms with Crippen molar-refractivity contribution in [1.29, 1.82) is 0 Å². The Balaban J connectivity index is 1.29. The Labute approximate surface area is 173 Å². The lowest BCUT2D eigenvalue weighted by molar-refractivity contribution is 0.179. The van der Waals surface area contributed by atoms with Crippen molar-refractivity contribution in [2.24, 2.45) is 10.9 Å². The number of guanidine groups is 1. The molecule has 1 aliphatic heterocycles. The maximum absolute atomic E-state index is 4.51. The Morgan fingerprint density at radius 2 is 2.11 bits per heavy atom. The van der Waals surface area contributed by atoms with Gasteiger partial charge in [0.2, 0.25) is 0 Å². The zero-order chi connectivity index (χ0) is 19.8. The molecule has 0 radical (unpaired) electrons. The van der Waals surface area contributed by atoms with Crippen LogP contribution in [0.1, 0.15) is 35.5 Å². The van der Waals surface area contributed by atoms with Crippen LogP contribution >= 0.6 is 11.3 Å². The fourth-order valence-electron chi connectivity index (χ4n) is 3.77. The summed E-state index contributed by atoms with van der Waals surface area (Å²) in [5, 5.41) is 13.6. The Kier molecular flexibility index (Phi) is 7.91. The molecule has 0 spiro atoms. The van der Waals surface area contributed by atoms with Crippen molar-refractivity contribution in [1.82, 2.24) is 25.3 Å². The van der Waals surface area contributed by atoms with Gasteiger partial charge in [0.05, 0.1) is 5.69 Å². The van der Waals surface area contributed by atoms with E-state index in [2.05, 4.69) is 60.8 Å². The van der Waals surface area contributed by atoms with Crippen LogP contribution in [0.4, 0.5) is 0 Å². The molecule has 0 unspecified atom stereocenters. The fourth-order valence-corrected chi connectivity index (χ4v) is 4.52. The van der Waals surface area contributed by atoms with Gasteiger partial charge in [-0.2, -0.15) is 5.10 Å². The van der Waals surface area contributed by atoms with E-state index in [1.54, 1.807) is 0 Å². The molecule has 154 valence electrons. The van der Waals surface area contributed by atoms with E-state index in [1.165, 1.54) is 36.5 Å². The van der Waals surface area contributed by atoms with Crippen molar-refractivity contribution in [3.63, 3.8) is 0 Å². The third-order valence-corrected chi connectivity index (χ3v) is 6.25. The number of aromatic nitrogens is 2. The van der Waals surface area contributed by atoms with Crippen LogP contribution in [-0.2, 0) is 13.1 Å². The molecule has 0 amide bonds. The second kappa shape index (κ2) is 10.6. The second-order valence-electron chi connectivity index (χ2n) is 7.68. The number of piperidine rings is 1. The van der Waals surface area contributed by atoms with Crippen molar-refractivity contribution in [3.8, 4) is 0 Å². The van der Waals surface area contributed by atoms with Crippen molar-refractivity contribution in [2.45, 2.75) is 46.2 Å². The van der Waals surface area contributed by atoms with Crippen LogP contribution in [-0.4, -0.2) is 53.9 Å². The standard InChI is InChI=1S/C21H34N6S/c1-17-14-18(2)27(25-17)10-5-9-23-21(22-3)24-15-19-7-11-26(12-8-19)16-20-6-4-13-28-20/h4,6,13-14,19H,5,7-12,15-16H2,1-3H3,(H2,22,23,24). The molecule has 1 saturated heterocycles. The SMILES string of the molecule is CN=C(NCCCn1nc(C)cc1C)NCC1CCN(Cc2cccs2)CC1. The number of hydrogen-bond donors (Lipinski definition) is 2. The van der Waals surface area contributed by atoms with Crippen LogP contribution in [0.25, 0.3) is 0 Å². The predicted octanol–water partition coefficient (Wildman–Crippen LogP) is 3.03. The number of rotatable bonds is 8. The number of aliphatic imine (C=N–C) groups is 1. The van der Waals surface area contributed by atoms with Gasteiger partial charge in [-0.05, 0) is 69.6 Å². The van der Waals surface area contributed by atoms with Gasteiger partial charge in [-0.25, -0.2) is 0 Å². The average Bonchev–Trinajstić information content (AvgIpc) is 3.31. The van der Waals surface area contributed by atoms with Crippen molar-refractivity contribution >= 4 is 17.3 Å². The zero-order valence-electron chi connectivity index (χ0n) is 17.4. The monoisotopic (exact) mass is 402 g/mol. The minimum absolute atomic E-state index is 0.729. The summed E-state index contributed by atoms with van der Waals surface area (Å²) in [7, 11) is 1.85. The number of thiophene rings is 1. The summed E-state index contributed by atoms with van der Waals surface area (Å²) in [5.41, 5.74) is 2.31. The van der Waals surface area contributed by atoms with Crippen LogP contribution in [0.5, 0.6) is 0 Å². The summed E-state index contributed by atoms with van der Waals surface area (Å²) < 4.78 is 2.08. The highest BCUT2D eigenvalue weighted by Gasteiger charge is 2.19. The largest absolute Gasteiger partial charge is 0.356 e. The molecular weight excluding hydrogens is 368 g/mol. The molecule has 3 rings (SSSR count). The summed E-state index contributed by atoms with van der Waals surface area (Å²) in [4.78, 5) is 8.42. The molecular formula is C21H34N6S. The molecule has 0 saturated carbocycles. The highest BCUT2D eigenvalue weighted by molar-refractivity contribution is 7.09. The second-order valence-corrected chi connectivity index (χ2v) is 8.71. The van der Waals surface area contributed by atoms with Gasteiger partial charge in [-0.15, -0.1) is 11.3 Å². The number of nitrogens with one attached hydrogen (secondary N) is 2. The zero-order valence-corrected chi connectivity index (χ0v) is 18.3. The fraction of sp³-hybridized carbons (Fsp3) is 0.619. The van der Waals surface area contributed by atoms with Gasteiger partial charge < -0.3 is 10.6 Å². The molecule has 7 heteroatoms. The molecule has 2 aromatic rings. The molecule has 0 aliphatic carbocycles. The molecule has 0 atom stereocenters. The minimum Gasteiger partial charge on any atom is -0.356 e. The van der Waals surface area contributed by atoms with Gasteiger partial charge in [0.1, 0.15) is 0 Å². The maximum atomic E-state index is 4.51. The summed E-state index contributed by atoms with van der Waals surface area (Å²) in [6.07, 6.45) is 3.55. The Morgan fingerprint density at radius 1 is 1.29 bits per heavy atom. The van der Waals surface area contributed by atoms with Crippen LogP contribution < -0.4 is 10.6 Å². The highest BCUT2D eigenvalue weighted by Crippen LogP contribution is 2.20. The van der Waals surface area contributed by atoms with E-state index in [4.69, 9.17) is 0 Å². The number of hydrogen-bond acceptors (Lipinski definition) is 4. The molecule has 2 aromatic heterocycles. The van der Waals surface area contributed by atoms with E-state index in [-0.39, 0.29) is 0 Å². The van der Waals surface area contributed by atoms with E-state index in [1.807, 2.05) is 25.3 Å². The predicted molar refractivity (Wildman–Crippen MR) is 118 cm³/mol. The van der Waals surface area contributed by atoms with Gasteiger partial charge in [0, 0.05) is 43.8 Å². The highest BCUT2D eigenvalue weighted by atomic mass is 32.1. The van der Waals surface area contributed by atoms with Crippen LogP contribution in [0.15, 0.2) is 28.6 Å². The lowest BCUT2D eigenvalue weighted by atomic mass is 9.97. The summed E-state index contributed by atoms with van der Waals surface area (Å²) in [5.74, 6) is 1.64.